The Morgan fingerprint density at radius 2 is 1.31 bits per heavy atom. The summed E-state index contributed by atoms with van der Waals surface area (Å²) in [5, 5.41) is 10.6. The van der Waals surface area contributed by atoms with Gasteiger partial charge >= 0.3 is 0 Å². The van der Waals surface area contributed by atoms with Crippen molar-refractivity contribution in [3.8, 4) is 0 Å². The van der Waals surface area contributed by atoms with E-state index in [9.17, 15) is 5.11 Å². The molecule has 0 aromatic carbocycles. The van der Waals surface area contributed by atoms with Crippen LogP contribution in [0.3, 0.4) is 0 Å². The lowest BCUT2D eigenvalue weighted by atomic mass is 9.49. The van der Waals surface area contributed by atoms with Crippen molar-refractivity contribution in [3.05, 3.63) is 0 Å². The molecule has 1 heteroatoms. The molecule has 0 aromatic rings. The third-order valence-corrected chi connectivity index (χ3v) is 5.55. The van der Waals surface area contributed by atoms with Crippen molar-refractivity contribution in [3.63, 3.8) is 0 Å². The van der Waals surface area contributed by atoms with E-state index in [-0.39, 0.29) is 11.5 Å². The number of aliphatic hydroxyl groups is 1. The molecule has 1 atom stereocenters. The van der Waals surface area contributed by atoms with E-state index >= 15 is 0 Å². The van der Waals surface area contributed by atoms with Crippen LogP contribution in [-0.4, -0.2) is 11.2 Å². The Labute approximate surface area is 99.6 Å². The van der Waals surface area contributed by atoms with Crippen molar-refractivity contribution in [2.45, 2.75) is 59.0 Å². The van der Waals surface area contributed by atoms with Gasteiger partial charge in [-0.2, -0.15) is 0 Å². The van der Waals surface area contributed by atoms with Crippen LogP contribution in [-0.2, 0) is 0 Å². The fourth-order valence-corrected chi connectivity index (χ4v) is 5.06. The molecule has 0 aromatic heterocycles. The monoisotopic (exact) mass is 222 g/mol. The van der Waals surface area contributed by atoms with Crippen LogP contribution >= 0.6 is 0 Å². The van der Waals surface area contributed by atoms with Gasteiger partial charge in [0.1, 0.15) is 0 Å². The highest BCUT2D eigenvalue weighted by Crippen LogP contribution is 2.58. The average Bonchev–Trinajstić information content (AvgIpc) is 2.13. The summed E-state index contributed by atoms with van der Waals surface area (Å²) in [7, 11) is 0. The van der Waals surface area contributed by atoms with Crippen molar-refractivity contribution >= 4 is 0 Å². The summed E-state index contributed by atoms with van der Waals surface area (Å²) in [6, 6.07) is 0. The Kier molecular flexibility index (Phi) is 2.41. The van der Waals surface area contributed by atoms with Gasteiger partial charge in [0.05, 0.1) is 6.10 Å². The van der Waals surface area contributed by atoms with Crippen molar-refractivity contribution in [1.29, 1.82) is 0 Å². The van der Waals surface area contributed by atoms with Crippen LogP contribution in [0.2, 0.25) is 0 Å². The number of hydrogen-bond donors (Lipinski definition) is 1. The number of aliphatic hydroxyl groups excluding tert-OH is 1. The molecule has 1 N–H and O–H groups in total. The number of hydrogen-bond acceptors (Lipinski definition) is 1. The second-order valence-electron chi connectivity index (χ2n) is 7.82. The molecule has 0 spiro atoms. The van der Waals surface area contributed by atoms with Crippen LogP contribution in [0.1, 0.15) is 52.9 Å². The summed E-state index contributed by atoms with van der Waals surface area (Å²) >= 11 is 0. The Morgan fingerprint density at radius 1 is 0.875 bits per heavy atom. The van der Waals surface area contributed by atoms with Gasteiger partial charge in [0.25, 0.3) is 0 Å². The Morgan fingerprint density at radius 3 is 1.69 bits per heavy atom. The first-order valence-corrected chi connectivity index (χ1v) is 7.13. The maximum Gasteiger partial charge on any atom is 0.0621 e. The molecule has 0 aliphatic heterocycles. The summed E-state index contributed by atoms with van der Waals surface area (Å²) in [5.74, 6) is 4.36. The maximum absolute atomic E-state index is 10.6. The zero-order valence-corrected chi connectivity index (χ0v) is 10.9. The minimum absolute atomic E-state index is 0.0695. The predicted octanol–water partition coefficient (Wildman–Crippen LogP) is 3.47. The zero-order valence-electron chi connectivity index (χ0n) is 10.9. The van der Waals surface area contributed by atoms with Crippen LogP contribution in [0.25, 0.3) is 0 Å². The van der Waals surface area contributed by atoms with E-state index in [1.807, 2.05) is 0 Å². The van der Waals surface area contributed by atoms with Crippen LogP contribution in [0.5, 0.6) is 0 Å². The van der Waals surface area contributed by atoms with Gasteiger partial charge in [0.2, 0.25) is 0 Å². The molecule has 4 saturated carbocycles. The van der Waals surface area contributed by atoms with Gasteiger partial charge in [0, 0.05) is 0 Å². The SMILES string of the molecule is CC(C)(C)C(O)C1C2CC3CC(C2)CC1C3. The van der Waals surface area contributed by atoms with Gasteiger partial charge in [-0.05, 0) is 67.1 Å². The first kappa shape index (κ1) is 11.1. The van der Waals surface area contributed by atoms with E-state index in [0.29, 0.717) is 5.92 Å². The van der Waals surface area contributed by atoms with Crippen LogP contribution in [0.4, 0.5) is 0 Å². The second kappa shape index (κ2) is 3.48. The lowest BCUT2D eigenvalue weighted by molar-refractivity contribution is -0.119. The van der Waals surface area contributed by atoms with E-state index < -0.39 is 0 Å². The third kappa shape index (κ3) is 1.63. The summed E-state index contributed by atoms with van der Waals surface area (Å²) < 4.78 is 0. The van der Waals surface area contributed by atoms with E-state index in [2.05, 4.69) is 20.8 Å². The van der Waals surface area contributed by atoms with Gasteiger partial charge in [-0.25, -0.2) is 0 Å². The van der Waals surface area contributed by atoms with E-state index in [0.717, 1.165) is 23.7 Å². The molecule has 4 bridgehead atoms. The van der Waals surface area contributed by atoms with Crippen molar-refractivity contribution < 1.29 is 5.11 Å². The largest absolute Gasteiger partial charge is 0.392 e. The first-order chi connectivity index (χ1) is 7.45. The maximum atomic E-state index is 10.6. The summed E-state index contributed by atoms with van der Waals surface area (Å²) in [6.45, 7) is 6.59. The summed E-state index contributed by atoms with van der Waals surface area (Å²) in [6.07, 6.45) is 7.11. The molecule has 16 heavy (non-hydrogen) atoms. The number of rotatable bonds is 1. The molecular weight excluding hydrogens is 196 g/mol. The van der Waals surface area contributed by atoms with Crippen molar-refractivity contribution in [2.24, 2.45) is 35.0 Å². The molecule has 1 unspecified atom stereocenters. The first-order valence-electron chi connectivity index (χ1n) is 7.13. The molecule has 0 heterocycles. The molecule has 4 aliphatic rings. The van der Waals surface area contributed by atoms with E-state index in [1.54, 1.807) is 0 Å². The molecule has 4 fully saturated rings. The van der Waals surface area contributed by atoms with Crippen molar-refractivity contribution in [2.75, 3.05) is 0 Å². The average molecular weight is 222 g/mol. The molecule has 92 valence electrons. The molecular formula is C15H26O. The fourth-order valence-electron chi connectivity index (χ4n) is 5.06. The quantitative estimate of drug-likeness (QED) is 0.720. The van der Waals surface area contributed by atoms with Gasteiger partial charge < -0.3 is 5.11 Å². The third-order valence-electron chi connectivity index (χ3n) is 5.55. The van der Waals surface area contributed by atoms with E-state index in [4.69, 9.17) is 0 Å². The van der Waals surface area contributed by atoms with Gasteiger partial charge in [-0.1, -0.05) is 20.8 Å². The normalized spacial score (nSPS) is 48.4. The highest BCUT2D eigenvalue weighted by molar-refractivity contribution is 5.01. The van der Waals surface area contributed by atoms with Gasteiger partial charge in [-0.3, -0.25) is 0 Å². The molecule has 4 aliphatic carbocycles. The minimum atomic E-state index is -0.0810. The van der Waals surface area contributed by atoms with E-state index in [1.165, 1.54) is 32.1 Å². The summed E-state index contributed by atoms with van der Waals surface area (Å²) in [5.41, 5.74) is 0.0695. The van der Waals surface area contributed by atoms with Gasteiger partial charge in [-0.15, -0.1) is 0 Å². The fraction of sp³-hybridized carbons (Fsp3) is 1.00. The second-order valence-corrected chi connectivity index (χ2v) is 7.82. The highest BCUT2D eigenvalue weighted by atomic mass is 16.3. The van der Waals surface area contributed by atoms with Crippen LogP contribution in [0, 0.1) is 35.0 Å². The zero-order chi connectivity index (χ0) is 11.5. The lowest BCUT2D eigenvalue weighted by Gasteiger charge is -2.57. The summed E-state index contributed by atoms with van der Waals surface area (Å²) in [4.78, 5) is 0. The van der Waals surface area contributed by atoms with Gasteiger partial charge in [0.15, 0.2) is 0 Å². The predicted molar refractivity (Wildman–Crippen MR) is 66.0 cm³/mol. The highest BCUT2D eigenvalue weighted by Gasteiger charge is 2.51. The van der Waals surface area contributed by atoms with Crippen LogP contribution in [0.15, 0.2) is 0 Å². The molecule has 0 amide bonds. The molecule has 4 rings (SSSR count). The minimum Gasteiger partial charge on any atom is -0.392 e. The Balaban J connectivity index is 1.81. The molecule has 0 radical (unpaired) electrons. The smallest absolute Gasteiger partial charge is 0.0621 e. The topological polar surface area (TPSA) is 20.2 Å². The van der Waals surface area contributed by atoms with Crippen LogP contribution < -0.4 is 0 Å². The molecule has 0 saturated heterocycles. The Hall–Kier alpha value is -0.0400. The standard InChI is InChI=1S/C15H26O/c1-15(2,3)14(16)13-11-5-9-4-10(7-11)8-12(13)6-9/h9-14,16H,4-8H2,1-3H3. The van der Waals surface area contributed by atoms with Crippen molar-refractivity contribution in [1.82, 2.24) is 0 Å². The Bertz CT molecular complexity index is 248. The molecule has 1 nitrogen and oxygen atoms in total. The lowest BCUT2D eigenvalue weighted by Crippen LogP contribution is -2.52.